The maximum absolute atomic E-state index is 9.75. The number of halogens is 4. The van der Waals surface area contributed by atoms with Crippen molar-refractivity contribution < 1.29 is 53.8 Å². The Morgan fingerprint density at radius 2 is 0.689 bits per heavy atom. The summed E-state index contributed by atoms with van der Waals surface area (Å²) >= 11 is 0. The third-order valence-corrected chi connectivity index (χ3v) is 20.2. The van der Waals surface area contributed by atoms with Crippen LogP contribution in [0.2, 0.25) is 0 Å². The van der Waals surface area contributed by atoms with Crippen molar-refractivity contribution in [1.29, 1.82) is 0 Å². The van der Waals surface area contributed by atoms with Gasteiger partial charge >= 0.3 is 26.7 Å². The van der Waals surface area contributed by atoms with Crippen LogP contribution in [0.15, 0.2) is 24.3 Å². The molecule has 0 aromatic heterocycles. The second-order valence-electron chi connectivity index (χ2n) is 13.1. The van der Waals surface area contributed by atoms with E-state index in [0.29, 0.717) is 0 Å². The molecular formula is C36H70BF4FeP2Rh+2. The molecule has 0 aromatic carbocycles. The summed E-state index contributed by atoms with van der Waals surface area (Å²) in [5, 5.41) is 0. The summed E-state index contributed by atoms with van der Waals surface area (Å²) < 4.78 is 39.0. The zero-order chi connectivity index (χ0) is 30.1. The fourth-order valence-corrected chi connectivity index (χ4v) is 18.6. The molecular weight excluding hydrogens is 740 g/mol. The van der Waals surface area contributed by atoms with Crippen molar-refractivity contribution in [1.82, 2.24) is 0 Å². The average Bonchev–Trinajstić information content (AvgIpc) is 3.73. The zero-order valence-corrected chi connectivity index (χ0v) is 34.4. The summed E-state index contributed by atoms with van der Waals surface area (Å²) in [6, 6.07) is 0. The molecule has 4 fully saturated rings. The molecule has 2 aliphatic heterocycles. The van der Waals surface area contributed by atoms with Crippen LogP contribution in [0.3, 0.4) is 0 Å². The minimum Gasteiger partial charge on any atom is -0.418 e. The molecule has 0 bridgehead atoms. The van der Waals surface area contributed by atoms with Gasteiger partial charge in [0.15, 0.2) is 0 Å². The Bertz CT molecular complexity index is 634. The Balaban J connectivity index is -0.000000539. The third-order valence-electron chi connectivity index (χ3n) is 10.6. The summed E-state index contributed by atoms with van der Waals surface area (Å²) in [6.45, 7) is 9.73. The molecule has 0 radical (unpaired) electrons. The number of hydrogen-bond acceptors (Lipinski definition) is 0. The first-order valence-corrected chi connectivity index (χ1v) is 21.1. The van der Waals surface area contributed by atoms with Gasteiger partial charge in [0, 0.05) is 32.9 Å². The molecule has 0 N–H and O–H groups in total. The van der Waals surface area contributed by atoms with Gasteiger partial charge in [0.05, 0.1) is 34.0 Å². The average molecular weight is 810 g/mol. The van der Waals surface area contributed by atoms with Gasteiger partial charge in [-0.1, -0.05) is 52.0 Å². The molecule has 0 spiro atoms. The second kappa shape index (κ2) is 29.0. The van der Waals surface area contributed by atoms with Crippen LogP contribution in [0.1, 0.15) is 156 Å². The summed E-state index contributed by atoms with van der Waals surface area (Å²) in [5.74, 6) is 0. The van der Waals surface area contributed by atoms with Gasteiger partial charge in [-0.3, -0.25) is 0 Å². The van der Waals surface area contributed by atoms with Gasteiger partial charge < -0.3 is 32.1 Å². The van der Waals surface area contributed by atoms with Crippen LogP contribution >= 0.6 is 15.8 Å². The summed E-state index contributed by atoms with van der Waals surface area (Å²) in [5.41, 5.74) is 7.19. The third kappa shape index (κ3) is 19.9. The van der Waals surface area contributed by atoms with Crippen LogP contribution in [0.25, 0.3) is 0 Å². The van der Waals surface area contributed by atoms with Crippen molar-refractivity contribution in [3.63, 3.8) is 0 Å². The van der Waals surface area contributed by atoms with Crippen molar-refractivity contribution in [3.05, 3.63) is 39.2 Å². The molecule has 2 saturated heterocycles. The Hall–Kier alpha value is 1.27. The van der Waals surface area contributed by atoms with Crippen LogP contribution in [-0.2, 0) is 36.5 Å². The van der Waals surface area contributed by atoms with E-state index in [4.69, 9.17) is 0 Å². The first kappa shape index (κ1) is 50.6. The largest absolute Gasteiger partial charge is 3.00 e. The molecule has 270 valence electrons. The minimum atomic E-state index is -6.00. The molecule has 5 rings (SSSR count). The van der Waals surface area contributed by atoms with E-state index in [1.165, 1.54) is 85.3 Å². The predicted octanol–water partition coefficient (Wildman–Crippen LogP) is 13.9. The normalized spacial score (nSPS) is 28.4. The minimum absolute atomic E-state index is 0. The molecule has 3 aliphatic carbocycles. The molecule has 5 aliphatic rings. The molecule has 0 amide bonds. The molecule has 45 heavy (non-hydrogen) atoms. The quantitative estimate of drug-likeness (QED) is 0.0824. The predicted molar refractivity (Wildman–Crippen MR) is 196 cm³/mol. The van der Waals surface area contributed by atoms with Crippen LogP contribution < -0.4 is 0 Å². The van der Waals surface area contributed by atoms with E-state index in [-0.39, 0.29) is 67.2 Å². The number of hydrogen-bond donors (Lipinski definition) is 0. The fraction of sp³-hybridized carbons (Fsp3) is 0.833. The number of allylic oxidation sites excluding steroid dienone is 4. The molecule has 0 unspecified atom stereocenters. The first-order chi connectivity index (χ1) is 19.7. The van der Waals surface area contributed by atoms with E-state index >= 15 is 0 Å². The van der Waals surface area contributed by atoms with Gasteiger partial charge in [-0.2, -0.15) is 0 Å². The number of rotatable bonds is 6. The van der Waals surface area contributed by atoms with E-state index in [0.717, 1.165) is 0 Å². The van der Waals surface area contributed by atoms with Crippen LogP contribution in [-0.4, -0.2) is 41.2 Å². The van der Waals surface area contributed by atoms with Gasteiger partial charge in [0.25, 0.3) is 0 Å². The Labute approximate surface area is 304 Å². The summed E-state index contributed by atoms with van der Waals surface area (Å²) in [7, 11) is -5.94. The van der Waals surface area contributed by atoms with Crippen molar-refractivity contribution in [2.75, 3.05) is 0 Å². The molecule has 4 atom stereocenters. The van der Waals surface area contributed by atoms with Gasteiger partial charge in [-0.05, 0) is 128 Å². The van der Waals surface area contributed by atoms with Crippen molar-refractivity contribution >= 4 is 23.1 Å². The van der Waals surface area contributed by atoms with Gasteiger partial charge in [-0.25, -0.2) is 0 Å². The van der Waals surface area contributed by atoms with E-state index < -0.39 is 7.25 Å². The summed E-state index contributed by atoms with van der Waals surface area (Å²) in [6.07, 6.45) is 38.9. The van der Waals surface area contributed by atoms with E-state index in [1.807, 2.05) is 0 Å². The van der Waals surface area contributed by atoms with E-state index in [2.05, 4.69) is 52.0 Å². The van der Waals surface area contributed by atoms with Crippen LogP contribution in [0.4, 0.5) is 17.3 Å². The molecule has 0 nitrogen and oxygen atoms in total. The molecule has 2 saturated carbocycles. The van der Waals surface area contributed by atoms with Gasteiger partial charge in [0.2, 0.25) is 0 Å². The Morgan fingerprint density at radius 3 is 0.867 bits per heavy atom. The maximum atomic E-state index is 9.75. The summed E-state index contributed by atoms with van der Waals surface area (Å²) in [4.78, 5) is 0. The first-order valence-electron chi connectivity index (χ1n) is 17.6. The Kier molecular flexibility index (Phi) is 32.7. The second-order valence-corrected chi connectivity index (χ2v) is 20.0. The fourth-order valence-electron chi connectivity index (χ4n) is 8.61. The van der Waals surface area contributed by atoms with Crippen LogP contribution in [0, 0.1) is 14.9 Å². The topological polar surface area (TPSA) is 0 Å². The van der Waals surface area contributed by atoms with Gasteiger partial charge in [0.1, 0.15) is 0 Å². The van der Waals surface area contributed by atoms with Gasteiger partial charge in [-0.15, -0.1) is 0 Å². The standard InChI is InChI=1S/2C13H25P.C8H12.2CH3.BF4.Fe.Rh/c2*1-3-11-9-10-12(4-2)14(11)13-7-5-6-8-13;1-2-4-6-8-7-5-3-1;;;2-1(3,4)5;;/h2*11-13H,3-10H2,1-2H3;1-2,7-8H,3-6H2;2*1H3;;;/q;;;3*-1;;+3/p+2/b;;2-1-,8-7-;;;;;/t2*11-,12-;;;;;;/m11....../s1. The van der Waals surface area contributed by atoms with E-state index in [1.54, 1.807) is 77.0 Å². The molecule has 2 heterocycles. The molecule has 9 heteroatoms. The SMILES string of the molecule is C1=C\CC/C=C\CC/1.CC[C@@H]1CC[C@@H](CC)[PH+]1C1CCCC1.CC[C@@H]1CC[C@@H](CC)[PH+]1C1CCCC1.F[B-](F)(F)F.[CH3-].[CH3-].[Fe].[Rh+3]. The zero-order valence-electron chi connectivity index (χ0n) is 29.7. The smallest absolute Gasteiger partial charge is 0.418 e. The van der Waals surface area contributed by atoms with Crippen molar-refractivity contribution in [3.8, 4) is 0 Å². The Morgan fingerprint density at radius 1 is 0.489 bits per heavy atom. The van der Waals surface area contributed by atoms with Crippen LogP contribution in [0.5, 0.6) is 0 Å². The monoisotopic (exact) mass is 810 g/mol. The van der Waals surface area contributed by atoms with E-state index in [9.17, 15) is 17.3 Å². The molecule has 0 aromatic rings. The van der Waals surface area contributed by atoms with Crippen molar-refractivity contribution in [2.45, 2.75) is 190 Å². The maximum Gasteiger partial charge on any atom is 3.00 e. The van der Waals surface area contributed by atoms with Crippen molar-refractivity contribution in [2.24, 2.45) is 0 Å².